The molecule has 31 heavy (non-hydrogen) atoms. The Morgan fingerprint density at radius 3 is 2.74 bits per heavy atom. The zero-order valence-electron chi connectivity index (χ0n) is 17.3. The van der Waals surface area contributed by atoms with E-state index in [1.165, 1.54) is 37.0 Å². The summed E-state index contributed by atoms with van der Waals surface area (Å²) < 4.78 is 25.1. The van der Waals surface area contributed by atoms with E-state index < -0.39 is 0 Å². The molecule has 162 valence electrons. The number of rotatable bonds is 7. The fraction of sp³-hybridized carbons (Fsp3) is 0.304. The molecule has 1 saturated heterocycles. The summed E-state index contributed by atoms with van der Waals surface area (Å²) in [6.07, 6.45) is 3.37. The molecule has 0 aliphatic carbocycles. The third-order valence-electron chi connectivity index (χ3n) is 5.19. The number of nitrogens with one attached hydrogen (secondary N) is 1. The first-order valence-electron chi connectivity index (χ1n) is 10.2. The van der Waals surface area contributed by atoms with E-state index in [9.17, 15) is 9.18 Å². The van der Waals surface area contributed by atoms with Gasteiger partial charge in [0, 0.05) is 24.0 Å². The van der Waals surface area contributed by atoms with Crippen LogP contribution in [0.1, 0.15) is 35.3 Å². The van der Waals surface area contributed by atoms with Crippen LogP contribution >= 0.6 is 11.3 Å². The van der Waals surface area contributed by atoms with Crippen LogP contribution in [-0.4, -0.2) is 31.1 Å². The number of amides is 1. The van der Waals surface area contributed by atoms with Crippen LogP contribution in [0.3, 0.4) is 0 Å². The Morgan fingerprint density at radius 1 is 1.16 bits per heavy atom. The van der Waals surface area contributed by atoms with Gasteiger partial charge in [-0.2, -0.15) is 0 Å². The minimum atomic E-state index is -0.389. The van der Waals surface area contributed by atoms with E-state index >= 15 is 0 Å². The monoisotopic (exact) mass is 441 g/mol. The van der Waals surface area contributed by atoms with Gasteiger partial charge in [-0.25, -0.2) is 9.37 Å². The maximum absolute atomic E-state index is 13.9. The molecule has 2 aromatic carbocycles. The van der Waals surface area contributed by atoms with Crippen molar-refractivity contribution >= 4 is 28.6 Å². The normalized spacial score (nSPS) is 13.7. The molecule has 1 amide bonds. The smallest absolute Gasteiger partial charge is 0.255 e. The lowest BCUT2D eigenvalue weighted by molar-refractivity contribution is 0.102. The topological polar surface area (TPSA) is 63.7 Å². The number of carbonyl (C=O) groups excluding carboxylic acids is 1. The number of hydrogen-bond donors (Lipinski definition) is 1. The van der Waals surface area contributed by atoms with Crippen molar-refractivity contribution in [1.29, 1.82) is 0 Å². The van der Waals surface area contributed by atoms with Crippen LogP contribution in [0.15, 0.2) is 47.3 Å². The van der Waals surface area contributed by atoms with E-state index in [1.807, 2.05) is 5.38 Å². The number of aromatic nitrogens is 1. The van der Waals surface area contributed by atoms with Crippen LogP contribution in [0, 0.1) is 5.82 Å². The molecule has 0 atom stereocenters. The number of nitrogens with zero attached hydrogens (tertiary/aromatic N) is 2. The van der Waals surface area contributed by atoms with Gasteiger partial charge in [0.05, 0.1) is 29.7 Å². The summed E-state index contributed by atoms with van der Waals surface area (Å²) in [5.74, 6) is 0.234. The Labute approximate surface area is 184 Å². The van der Waals surface area contributed by atoms with Gasteiger partial charge in [-0.1, -0.05) is 0 Å². The summed E-state index contributed by atoms with van der Waals surface area (Å²) in [7, 11) is 1.52. The van der Waals surface area contributed by atoms with Crippen molar-refractivity contribution in [2.75, 3.05) is 30.4 Å². The second kappa shape index (κ2) is 9.78. The predicted octanol–water partition coefficient (Wildman–Crippen LogP) is 5.11. The van der Waals surface area contributed by atoms with E-state index in [0.717, 1.165) is 37.3 Å². The molecule has 1 fully saturated rings. The number of anilines is 2. The van der Waals surface area contributed by atoms with E-state index in [0.29, 0.717) is 29.4 Å². The van der Waals surface area contributed by atoms with Gasteiger partial charge < -0.3 is 19.7 Å². The molecule has 0 unspecified atom stereocenters. The number of methoxy groups -OCH3 is 1. The van der Waals surface area contributed by atoms with Gasteiger partial charge in [-0.05, 0) is 55.7 Å². The Morgan fingerprint density at radius 2 is 2.00 bits per heavy atom. The summed E-state index contributed by atoms with van der Waals surface area (Å²) in [6, 6.07) is 9.49. The molecule has 6 nitrogen and oxygen atoms in total. The average Bonchev–Trinajstić information content (AvgIpc) is 3.32. The SMILES string of the molecule is COc1cc(C(=O)Nc2cc(F)ccc2N2CCCCC2)ccc1OCc1cscn1. The second-order valence-corrected chi connectivity index (χ2v) is 8.02. The molecule has 1 aromatic heterocycles. The van der Waals surface area contributed by atoms with Crippen LogP contribution in [0.4, 0.5) is 15.8 Å². The van der Waals surface area contributed by atoms with Crippen molar-refractivity contribution in [2.45, 2.75) is 25.9 Å². The van der Waals surface area contributed by atoms with Gasteiger partial charge in [-0.15, -0.1) is 11.3 Å². The lowest BCUT2D eigenvalue weighted by Crippen LogP contribution is -2.30. The molecular formula is C23H24FN3O3S. The second-order valence-electron chi connectivity index (χ2n) is 7.30. The van der Waals surface area contributed by atoms with E-state index in [2.05, 4.69) is 15.2 Å². The first-order valence-corrected chi connectivity index (χ1v) is 11.1. The molecular weight excluding hydrogens is 417 g/mol. The average molecular weight is 442 g/mol. The first kappa shape index (κ1) is 21.1. The van der Waals surface area contributed by atoms with Crippen LogP contribution in [0.5, 0.6) is 11.5 Å². The highest BCUT2D eigenvalue weighted by atomic mass is 32.1. The zero-order valence-corrected chi connectivity index (χ0v) is 18.1. The Kier molecular flexibility index (Phi) is 6.66. The van der Waals surface area contributed by atoms with Crippen LogP contribution in [0.2, 0.25) is 0 Å². The number of piperidine rings is 1. The Hall–Kier alpha value is -3.13. The number of thiazole rings is 1. The van der Waals surface area contributed by atoms with E-state index in [-0.39, 0.29) is 11.7 Å². The maximum Gasteiger partial charge on any atom is 0.255 e. The van der Waals surface area contributed by atoms with Crippen LogP contribution in [-0.2, 0) is 6.61 Å². The van der Waals surface area contributed by atoms with Crippen molar-refractivity contribution in [2.24, 2.45) is 0 Å². The van der Waals surface area contributed by atoms with Crippen LogP contribution < -0.4 is 19.7 Å². The highest BCUT2D eigenvalue weighted by Crippen LogP contribution is 2.32. The first-order chi connectivity index (χ1) is 15.1. The summed E-state index contributed by atoms with van der Waals surface area (Å²) in [4.78, 5) is 19.3. The molecule has 8 heteroatoms. The Bertz CT molecular complexity index is 1040. The van der Waals surface area contributed by atoms with Crippen molar-refractivity contribution in [1.82, 2.24) is 4.98 Å². The molecule has 1 aliphatic rings. The lowest BCUT2D eigenvalue weighted by Gasteiger charge is -2.30. The van der Waals surface area contributed by atoms with Gasteiger partial charge in [0.2, 0.25) is 0 Å². The van der Waals surface area contributed by atoms with Crippen molar-refractivity contribution in [3.8, 4) is 11.5 Å². The van der Waals surface area contributed by atoms with Gasteiger partial charge >= 0.3 is 0 Å². The lowest BCUT2D eigenvalue weighted by atomic mass is 10.1. The van der Waals surface area contributed by atoms with Crippen molar-refractivity contribution in [3.05, 3.63) is 64.4 Å². The highest BCUT2D eigenvalue weighted by Gasteiger charge is 2.18. The standard InChI is InChI=1S/C23H24FN3O3S/c1-29-22-11-16(5-8-21(22)30-13-18-14-31-15-25-18)23(28)26-19-12-17(24)6-7-20(19)27-9-3-2-4-10-27/h5-8,11-12,14-15H,2-4,9-10,13H2,1H3,(H,26,28). The minimum absolute atomic E-state index is 0.313. The molecule has 0 saturated carbocycles. The van der Waals surface area contributed by atoms with Crippen molar-refractivity contribution < 1.29 is 18.7 Å². The summed E-state index contributed by atoms with van der Waals surface area (Å²) in [5, 5.41) is 4.77. The number of benzene rings is 2. The number of ether oxygens (including phenoxy) is 2. The van der Waals surface area contributed by atoms with Gasteiger partial charge in [-0.3, -0.25) is 4.79 Å². The molecule has 2 heterocycles. The zero-order chi connectivity index (χ0) is 21.6. The number of hydrogen-bond acceptors (Lipinski definition) is 6. The molecule has 3 aromatic rings. The summed E-state index contributed by atoms with van der Waals surface area (Å²) in [6.45, 7) is 2.11. The minimum Gasteiger partial charge on any atom is -0.493 e. The fourth-order valence-electron chi connectivity index (χ4n) is 3.60. The molecule has 0 spiro atoms. The van der Waals surface area contributed by atoms with E-state index in [1.54, 1.807) is 29.8 Å². The van der Waals surface area contributed by atoms with Gasteiger partial charge in [0.15, 0.2) is 11.5 Å². The maximum atomic E-state index is 13.9. The third kappa shape index (κ3) is 5.14. The third-order valence-corrected chi connectivity index (χ3v) is 5.82. The summed E-state index contributed by atoms with van der Waals surface area (Å²) in [5.41, 5.74) is 4.27. The molecule has 0 radical (unpaired) electrons. The number of halogens is 1. The molecule has 1 N–H and O–H groups in total. The molecule has 0 bridgehead atoms. The van der Waals surface area contributed by atoms with Gasteiger partial charge in [0.25, 0.3) is 5.91 Å². The highest BCUT2D eigenvalue weighted by molar-refractivity contribution is 7.07. The largest absolute Gasteiger partial charge is 0.493 e. The summed E-state index contributed by atoms with van der Waals surface area (Å²) >= 11 is 1.50. The fourth-order valence-corrected chi connectivity index (χ4v) is 4.15. The molecule has 4 rings (SSSR count). The quantitative estimate of drug-likeness (QED) is 0.552. The van der Waals surface area contributed by atoms with Gasteiger partial charge in [0.1, 0.15) is 12.4 Å². The van der Waals surface area contributed by atoms with E-state index in [4.69, 9.17) is 9.47 Å². The Balaban J connectivity index is 1.51. The van der Waals surface area contributed by atoms with Crippen LogP contribution in [0.25, 0.3) is 0 Å². The predicted molar refractivity (Wildman–Crippen MR) is 120 cm³/mol. The molecule has 1 aliphatic heterocycles. The number of carbonyl (C=O) groups is 1. The van der Waals surface area contributed by atoms with Crippen molar-refractivity contribution in [3.63, 3.8) is 0 Å².